The van der Waals surface area contributed by atoms with E-state index in [0.29, 0.717) is 0 Å². The van der Waals surface area contributed by atoms with Gasteiger partial charge in [-0.3, -0.25) is 0 Å². The lowest BCUT2D eigenvalue weighted by molar-refractivity contribution is 0.414. The molecule has 0 bridgehead atoms. The molecule has 0 heterocycles. The quantitative estimate of drug-likeness (QED) is 0.789. The number of methoxy groups -OCH3 is 1. The van der Waals surface area contributed by atoms with Gasteiger partial charge in [-0.15, -0.1) is 0 Å². The topological polar surface area (TPSA) is 55.4 Å². The van der Waals surface area contributed by atoms with Crippen LogP contribution >= 0.6 is 0 Å². The van der Waals surface area contributed by atoms with Crippen LogP contribution in [0.2, 0.25) is 0 Å². The Labute approximate surface area is 116 Å². The molecule has 0 fully saturated rings. The smallest absolute Gasteiger partial charge is 0.151 e. The number of hydrogen-bond donors (Lipinski definition) is 1. The number of rotatable bonds is 8. The van der Waals surface area contributed by atoms with E-state index in [9.17, 15) is 8.42 Å². The molecule has 0 spiro atoms. The van der Waals surface area contributed by atoms with Crippen LogP contribution in [0.5, 0.6) is 5.75 Å². The first-order valence-corrected chi connectivity index (χ1v) is 8.35. The highest BCUT2D eigenvalue weighted by Crippen LogP contribution is 2.11. The van der Waals surface area contributed by atoms with Crippen molar-refractivity contribution in [2.75, 3.05) is 25.2 Å². The van der Waals surface area contributed by atoms with Gasteiger partial charge in [-0.05, 0) is 37.6 Å². The Hall–Kier alpha value is -1.07. The van der Waals surface area contributed by atoms with Crippen LogP contribution in [0.3, 0.4) is 0 Å². The van der Waals surface area contributed by atoms with E-state index in [2.05, 4.69) is 5.32 Å². The Bertz CT molecular complexity index is 468. The van der Waals surface area contributed by atoms with Gasteiger partial charge in [0, 0.05) is 11.8 Å². The zero-order valence-corrected chi connectivity index (χ0v) is 12.7. The lowest BCUT2D eigenvalue weighted by Crippen LogP contribution is -2.34. The van der Waals surface area contributed by atoms with Crippen LogP contribution in [0.4, 0.5) is 0 Å². The molecule has 0 aromatic heterocycles. The number of nitrogens with one attached hydrogen (secondary N) is 1. The van der Waals surface area contributed by atoms with Gasteiger partial charge in [-0.1, -0.05) is 19.1 Å². The van der Waals surface area contributed by atoms with E-state index in [-0.39, 0.29) is 17.5 Å². The number of ether oxygens (including phenoxy) is 1. The first-order valence-electron chi connectivity index (χ1n) is 6.53. The van der Waals surface area contributed by atoms with Gasteiger partial charge in [0.2, 0.25) is 0 Å². The Kier molecular flexibility index (Phi) is 6.31. The molecule has 1 unspecified atom stereocenters. The van der Waals surface area contributed by atoms with Crippen molar-refractivity contribution in [3.63, 3.8) is 0 Å². The number of benzene rings is 1. The van der Waals surface area contributed by atoms with Crippen LogP contribution in [0.1, 0.15) is 19.4 Å². The number of sulfone groups is 1. The predicted octanol–water partition coefficient (Wildman–Crippen LogP) is 1.65. The third kappa shape index (κ3) is 6.07. The molecule has 1 aromatic rings. The second-order valence-electron chi connectivity index (χ2n) is 4.65. The molecule has 4 nitrogen and oxygen atoms in total. The molecule has 1 atom stereocenters. The molecule has 5 heteroatoms. The first-order chi connectivity index (χ1) is 8.96. The fourth-order valence-electron chi connectivity index (χ4n) is 1.81. The average Bonchev–Trinajstić information content (AvgIpc) is 2.39. The van der Waals surface area contributed by atoms with Crippen molar-refractivity contribution in [1.29, 1.82) is 0 Å². The van der Waals surface area contributed by atoms with Crippen molar-refractivity contribution in [3.05, 3.63) is 29.8 Å². The Morgan fingerprint density at radius 3 is 2.42 bits per heavy atom. The molecule has 0 aliphatic rings. The summed E-state index contributed by atoms with van der Waals surface area (Å²) in [5.41, 5.74) is 1.21. The molecule has 1 rings (SSSR count). The minimum atomic E-state index is -2.90. The largest absolute Gasteiger partial charge is 0.497 e. The van der Waals surface area contributed by atoms with E-state index in [1.807, 2.05) is 31.2 Å². The minimum Gasteiger partial charge on any atom is -0.497 e. The molecule has 0 radical (unpaired) electrons. The molecule has 19 heavy (non-hydrogen) atoms. The molecule has 0 amide bonds. The molecule has 0 saturated carbocycles. The second kappa shape index (κ2) is 7.50. The van der Waals surface area contributed by atoms with Crippen LogP contribution in [-0.2, 0) is 16.3 Å². The molecule has 0 aliphatic heterocycles. The summed E-state index contributed by atoms with van der Waals surface area (Å²) in [6.07, 6.45) is 0.876. The summed E-state index contributed by atoms with van der Waals surface area (Å²) < 4.78 is 28.0. The first kappa shape index (κ1) is 16.0. The highest BCUT2D eigenvalue weighted by atomic mass is 32.2. The van der Waals surface area contributed by atoms with Crippen molar-refractivity contribution in [2.24, 2.45) is 0 Å². The van der Waals surface area contributed by atoms with Crippen LogP contribution in [0.15, 0.2) is 24.3 Å². The van der Waals surface area contributed by atoms with E-state index in [0.717, 1.165) is 18.7 Å². The molecule has 1 aromatic carbocycles. The van der Waals surface area contributed by atoms with E-state index in [1.165, 1.54) is 5.56 Å². The second-order valence-corrected chi connectivity index (χ2v) is 7.05. The maximum Gasteiger partial charge on any atom is 0.151 e. The Morgan fingerprint density at radius 1 is 1.26 bits per heavy atom. The van der Waals surface area contributed by atoms with Crippen LogP contribution in [0.25, 0.3) is 0 Å². The van der Waals surface area contributed by atoms with E-state index < -0.39 is 9.84 Å². The summed E-state index contributed by atoms with van der Waals surface area (Å²) in [6.45, 7) is 4.35. The maximum atomic E-state index is 11.5. The summed E-state index contributed by atoms with van der Waals surface area (Å²) in [4.78, 5) is 0. The van der Waals surface area contributed by atoms with Gasteiger partial charge < -0.3 is 10.1 Å². The van der Waals surface area contributed by atoms with Crippen LogP contribution in [-0.4, -0.2) is 39.6 Å². The third-order valence-corrected chi connectivity index (χ3v) is 4.90. The summed E-state index contributed by atoms with van der Waals surface area (Å²) in [7, 11) is -1.26. The molecular formula is C14H23NO3S. The van der Waals surface area contributed by atoms with Crippen molar-refractivity contribution in [3.8, 4) is 5.75 Å². The lowest BCUT2D eigenvalue weighted by Gasteiger charge is -2.13. The summed E-state index contributed by atoms with van der Waals surface area (Å²) in [5, 5.41) is 3.24. The van der Waals surface area contributed by atoms with Crippen LogP contribution < -0.4 is 10.1 Å². The van der Waals surface area contributed by atoms with Crippen molar-refractivity contribution < 1.29 is 13.2 Å². The van der Waals surface area contributed by atoms with Gasteiger partial charge >= 0.3 is 0 Å². The van der Waals surface area contributed by atoms with Gasteiger partial charge in [-0.25, -0.2) is 8.42 Å². The normalized spacial score (nSPS) is 13.2. The van der Waals surface area contributed by atoms with Gasteiger partial charge in [0.1, 0.15) is 5.75 Å². The molecule has 1 N–H and O–H groups in total. The van der Waals surface area contributed by atoms with Crippen molar-refractivity contribution in [1.82, 2.24) is 5.32 Å². The van der Waals surface area contributed by atoms with E-state index >= 15 is 0 Å². The minimum absolute atomic E-state index is 0.0109. The highest BCUT2D eigenvalue weighted by Gasteiger charge is 2.12. The zero-order valence-electron chi connectivity index (χ0n) is 11.8. The summed E-state index contributed by atoms with van der Waals surface area (Å²) >= 11 is 0. The zero-order chi connectivity index (χ0) is 14.3. The van der Waals surface area contributed by atoms with Gasteiger partial charge in [0.05, 0.1) is 12.9 Å². The summed E-state index contributed by atoms with van der Waals surface area (Å²) in [5.74, 6) is 1.25. The lowest BCUT2D eigenvalue weighted by atomic mass is 10.1. The highest BCUT2D eigenvalue weighted by molar-refractivity contribution is 7.91. The Balaban J connectivity index is 2.33. The molecular weight excluding hydrogens is 262 g/mol. The molecule has 0 saturated heterocycles. The van der Waals surface area contributed by atoms with Gasteiger partial charge in [0.25, 0.3) is 0 Å². The van der Waals surface area contributed by atoms with Gasteiger partial charge in [-0.2, -0.15) is 0 Å². The third-order valence-electron chi connectivity index (χ3n) is 3.01. The van der Waals surface area contributed by atoms with E-state index in [1.54, 1.807) is 14.0 Å². The fourth-order valence-corrected chi connectivity index (χ4v) is 2.93. The standard InChI is InChI=1S/C14H23NO3S/c1-4-19(16,17)11-12(2)15-10-9-13-5-7-14(18-3)8-6-13/h5-8,12,15H,4,9-11H2,1-3H3. The maximum absolute atomic E-state index is 11.5. The summed E-state index contributed by atoms with van der Waals surface area (Å²) in [6, 6.07) is 7.89. The van der Waals surface area contributed by atoms with Crippen molar-refractivity contribution >= 4 is 9.84 Å². The fraction of sp³-hybridized carbons (Fsp3) is 0.571. The average molecular weight is 285 g/mol. The SMILES string of the molecule is CCS(=O)(=O)CC(C)NCCc1ccc(OC)cc1. The molecule has 108 valence electrons. The van der Waals surface area contributed by atoms with Gasteiger partial charge in [0.15, 0.2) is 9.84 Å². The molecule has 0 aliphatic carbocycles. The predicted molar refractivity (Wildman–Crippen MR) is 78.5 cm³/mol. The van der Waals surface area contributed by atoms with E-state index in [4.69, 9.17) is 4.74 Å². The van der Waals surface area contributed by atoms with Crippen LogP contribution in [0, 0.1) is 0 Å². The van der Waals surface area contributed by atoms with Crippen molar-refractivity contribution in [2.45, 2.75) is 26.3 Å². The monoisotopic (exact) mass is 285 g/mol. The Morgan fingerprint density at radius 2 is 1.89 bits per heavy atom. The number of hydrogen-bond acceptors (Lipinski definition) is 4.